The molecule has 0 aromatic heterocycles. The molecule has 14 heavy (non-hydrogen) atoms. The van der Waals surface area contributed by atoms with E-state index in [0.717, 1.165) is 25.4 Å². The molecule has 0 radical (unpaired) electrons. The predicted molar refractivity (Wildman–Crippen MR) is 58.0 cm³/mol. The van der Waals surface area contributed by atoms with Crippen LogP contribution >= 0.6 is 11.6 Å². The van der Waals surface area contributed by atoms with Gasteiger partial charge in [0.2, 0.25) is 0 Å². The molecule has 1 aromatic carbocycles. The second-order valence-corrected chi connectivity index (χ2v) is 4.18. The number of aryl methyl sites for hydroxylation is 1. The van der Waals surface area contributed by atoms with Crippen molar-refractivity contribution >= 4 is 11.6 Å². The average Bonchev–Trinajstić information content (AvgIpc) is 2.08. The SMILES string of the molecule is Cc1ccc(Cl)c(OCC2CNC2)c1. The van der Waals surface area contributed by atoms with E-state index in [4.69, 9.17) is 16.3 Å². The van der Waals surface area contributed by atoms with Crippen LogP contribution in [0.3, 0.4) is 0 Å². The van der Waals surface area contributed by atoms with Crippen molar-refractivity contribution in [2.24, 2.45) is 5.92 Å². The van der Waals surface area contributed by atoms with Crippen LogP contribution in [0.2, 0.25) is 5.02 Å². The van der Waals surface area contributed by atoms with Gasteiger partial charge in [0.15, 0.2) is 0 Å². The lowest BCUT2D eigenvalue weighted by molar-refractivity contribution is 0.199. The van der Waals surface area contributed by atoms with Gasteiger partial charge in [0.25, 0.3) is 0 Å². The van der Waals surface area contributed by atoms with Crippen molar-refractivity contribution in [1.82, 2.24) is 5.32 Å². The van der Waals surface area contributed by atoms with E-state index in [1.165, 1.54) is 5.56 Å². The van der Waals surface area contributed by atoms with Crippen LogP contribution in [0, 0.1) is 12.8 Å². The number of ether oxygens (including phenoxy) is 1. The van der Waals surface area contributed by atoms with Gasteiger partial charge in [0.1, 0.15) is 5.75 Å². The van der Waals surface area contributed by atoms with Crippen molar-refractivity contribution in [3.05, 3.63) is 28.8 Å². The van der Waals surface area contributed by atoms with Gasteiger partial charge in [0, 0.05) is 19.0 Å². The first kappa shape index (κ1) is 9.81. The van der Waals surface area contributed by atoms with Gasteiger partial charge in [-0.25, -0.2) is 0 Å². The van der Waals surface area contributed by atoms with Crippen molar-refractivity contribution in [3.8, 4) is 5.75 Å². The van der Waals surface area contributed by atoms with Gasteiger partial charge in [-0.1, -0.05) is 17.7 Å². The monoisotopic (exact) mass is 211 g/mol. The lowest BCUT2D eigenvalue weighted by atomic mass is 10.1. The number of rotatable bonds is 3. The fraction of sp³-hybridized carbons (Fsp3) is 0.455. The van der Waals surface area contributed by atoms with Crippen molar-refractivity contribution in [2.75, 3.05) is 19.7 Å². The highest BCUT2D eigenvalue weighted by Gasteiger charge is 2.17. The van der Waals surface area contributed by atoms with Crippen LogP contribution in [0.1, 0.15) is 5.56 Å². The Morgan fingerprint density at radius 3 is 2.93 bits per heavy atom. The molecular formula is C11H14ClNO. The molecule has 0 saturated carbocycles. The standard InChI is InChI=1S/C11H14ClNO/c1-8-2-3-10(12)11(4-8)14-7-9-5-13-6-9/h2-4,9,13H,5-7H2,1H3. The van der Waals surface area contributed by atoms with Gasteiger partial charge in [-0.15, -0.1) is 0 Å². The van der Waals surface area contributed by atoms with E-state index in [0.29, 0.717) is 10.9 Å². The zero-order valence-electron chi connectivity index (χ0n) is 8.22. The Labute approximate surface area is 89.2 Å². The van der Waals surface area contributed by atoms with E-state index in [2.05, 4.69) is 5.32 Å². The summed E-state index contributed by atoms with van der Waals surface area (Å²) in [6.07, 6.45) is 0. The van der Waals surface area contributed by atoms with Crippen LogP contribution in [0.5, 0.6) is 5.75 Å². The van der Waals surface area contributed by atoms with Crippen LogP contribution in [0.25, 0.3) is 0 Å². The Balaban J connectivity index is 1.96. The molecule has 1 fully saturated rings. The number of hydrogen-bond donors (Lipinski definition) is 1. The molecule has 1 aliphatic rings. The van der Waals surface area contributed by atoms with E-state index < -0.39 is 0 Å². The molecule has 0 unspecified atom stereocenters. The van der Waals surface area contributed by atoms with Crippen molar-refractivity contribution in [2.45, 2.75) is 6.92 Å². The first-order chi connectivity index (χ1) is 6.75. The van der Waals surface area contributed by atoms with Crippen LogP contribution in [-0.2, 0) is 0 Å². The molecule has 1 saturated heterocycles. The van der Waals surface area contributed by atoms with Crippen LogP contribution in [-0.4, -0.2) is 19.7 Å². The molecule has 2 nitrogen and oxygen atoms in total. The van der Waals surface area contributed by atoms with Gasteiger partial charge in [-0.05, 0) is 24.6 Å². The highest BCUT2D eigenvalue weighted by atomic mass is 35.5. The summed E-state index contributed by atoms with van der Waals surface area (Å²) in [7, 11) is 0. The summed E-state index contributed by atoms with van der Waals surface area (Å²) in [5.74, 6) is 1.45. The topological polar surface area (TPSA) is 21.3 Å². The third-order valence-corrected chi connectivity index (χ3v) is 2.74. The smallest absolute Gasteiger partial charge is 0.138 e. The molecule has 3 heteroatoms. The summed E-state index contributed by atoms with van der Waals surface area (Å²) in [5, 5.41) is 3.91. The summed E-state index contributed by atoms with van der Waals surface area (Å²) in [6, 6.07) is 5.85. The molecule has 1 aromatic rings. The van der Waals surface area contributed by atoms with E-state index in [1.54, 1.807) is 0 Å². The third-order valence-electron chi connectivity index (χ3n) is 2.43. The molecule has 0 amide bonds. The molecule has 0 atom stereocenters. The average molecular weight is 212 g/mol. The Hall–Kier alpha value is -0.730. The van der Waals surface area contributed by atoms with Crippen LogP contribution < -0.4 is 10.1 Å². The molecule has 1 aliphatic heterocycles. The Morgan fingerprint density at radius 2 is 2.29 bits per heavy atom. The zero-order chi connectivity index (χ0) is 9.97. The third kappa shape index (κ3) is 2.20. The summed E-state index contributed by atoms with van der Waals surface area (Å²) in [6.45, 7) is 4.91. The zero-order valence-corrected chi connectivity index (χ0v) is 8.97. The summed E-state index contributed by atoms with van der Waals surface area (Å²) in [4.78, 5) is 0. The second kappa shape index (κ2) is 4.20. The highest BCUT2D eigenvalue weighted by molar-refractivity contribution is 6.32. The largest absolute Gasteiger partial charge is 0.492 e. The second-order valence-electron chi connectivity index (χ2n) is 3.77. The van der Waals surface area contributed by atoms with E-state index in [9.17, 15) is 0 Å². The van der Waals surface area contributed by atoms with Gasteiger partial charge >= 0.3 is 0 Å². The van der Waals surface area contributed by atoms with Gasteiger partial charge in [-0.3, -0.25) is 0 Å². The van der Waals surface area contributed by atoms with Gasteiger partial charge in [0.05, 0.1) is 11.6 Å². The highest BCUT2D eigenvalue weighted by Crippen LogP contribution is 2.25. The first-order valence-corrected chi connectivity index (χ1v) is 5.23. The predicted octanol–water partition coefficient (Wildman–Crippen LogP) is 2.25. The number of benzene rings is 1. The van der Waals surface area contributed by atoms with Crippen molar-refractivity contribution in [3.63, 3.8) is 0 Å². The summed E-state index contributed by atoms with van der Waals surface area (Å²) in [5.41, 5.74) is 1.18. The Morgan fingerprint density at radius 1 is 1.50 bits per heavy atom. The minimum atomic E-state index is 0.645. The number of halogens is 1. The fourth-order valence-electron chi connectivity index (χ4n) is 1.40. The molecule has 76 valence electrons. The minimum Gasteiger partial charge on any atom is -0.492 e. The maximum absolute atomic E-state index is 6.00. The lowest BCUT2D eigenvalue weighted by Gasteiger charge is -2.27. The maximum atomic E-state index is 6.00. The van der Waals surface area contributed by atoms with Gasteiger partial charge in [-0.2, -0.15) is 0 Å². The molecule has 0 aliphatic carbocycles. The molecule has 1 N–H and O–H groups in total. The van der Waals surface area contributed by atoms with Gasteiger partial charge < -0.3 is 10.1 Å². The quantitative estimate of drug-likeness (QED) is 0.828. The van der Waals surface area contributed by atoms with Crippen LogP contribution in [0.15, 0.2) is 18.2 Å². The van der Waals surface area contributed by atoms with E-state index in [1.807, 2.05) is 25.1 Å². The maximum Gasteiger partial charge on any atom is 0.138 e. The van der Waals surface area contributed by atoms with Crippen LogP contribution in [0.4, 0.5) is 0 Å². The number of nitrogens with one attached hydrogen (secondary N) is 1. The molecule has 1 heterocycles. The fourth-order valence-corrected chi connectivity index (χ4v) is 1.57. The molecule has 0 spiro atoms. The molecule has 0 bridgehead atoms. The normalized spacial score (nSPS) is 16.4. The molecular weight excluding hydrogens is 198 g/mol. The summed E-state index contributed by atoms with van der Waals surface area (Å²) < 4.78 is 5.65. The van der Waals surface area contributed by atoms with Crippen molar-refractivity contribution in [1.29, 1.82) is 0 Å². The Kier molecular flexibility index (Phi) is 2.94. The first-order valence-electron chi connectivity index (χ1n) is 4.85. The number of hydrogen-bond acceptors (Lipinski definition) is 2. The minimum absolute atomic E-state index is 0.645. The van der Waals surface area contributed by atoms with E-state index in [-0.39, 0.29) is 0 Å². The Bertz CT molecular complexity index is 323. The summed E-state index contributed by atoms with van der Waals surface area (Å²) >= 11 is 6.00. The van der Waals surface area contributed by atoms with Crippen molar-refractivity contribution < 1.29 is 4.74 Å². The van der Waals surface area contributed by atoms with E-state index >= 15 is 0 Å². The molecule has 2 rings (SSSR count). The lowest BCUT2D eigenvalue weighted by Crippen LogP contribution is -2.45.